The van der Waals surface area contributed by atoms with Gasteiger partial charge in [0.25, 0.3) is 5.89 Å². The Morgan fingerprint density at radius 1 is 1.08 bits per heavy atom. The first-order valence-electron chi connectivity index (χ1n) is 7.39. The third kappa shape index (κ3) is 5.09. The van der Waals surface area contributed by atoms with Gasteiger partial charge in [0.1, 0.15) is 5.75 Å². The first kappa shape index (κ1) is 18.0. The first-order chi connectivity index (χ1) is 12.6. The number of benzene rings is 2. The lowest BCUT2D eigenvalue weighted by Crippen LogP contribution is -2.01. The van der Waals surface area contributed by atoms with E-state index in [2.05, 4.69) is 36.0 Å². The van der Waals surface area contributed by atoms with Crippen molar-refractivity contribution in [2.24, 2.45) is 5.16 Å². The Morgan fingerprint density at radius 3 is 2.50 bits per heavy atom. The van der Waals surface area contributed by atoms with Crippen LogP contribution in [0.4, 0.5) is 8.78 Å². The summed E-state index contributed by atoms with van der Waals surface area (Å²) in [7, 11) is 0. The number of ether oxygens (including phenoxy) is 1. The fraction of sp³-hybridized carbons (Fsp3) is 0.118. The molecule has 0 unspecified atom stereocenters. The maximum atomic E-state index is 12.1. The van der Waals surface area contributed by atoms with Crippen LogP contribution in [0.2, 0.25) is 0 Å². The molecule has 3 rings (SSSR count). The van der Waals surface area contributed by atoms with Crippen LogP contribution in [0, 0.1) is 0 Å². The molecule has 6 nitrogen and oxygen atoms in total. The molecule has 1 aromatic heterocycles. The second-order valence-electron chi connectivity index (χ2n) is 4.96. The van der Waals surface area contributed by atoms with E-state index in [1.54, 1.807) is 12.1 Å². The standard InChI is InChI=1S/C17H12BrF2N3O3/c18-13-5-3-12(4-6-13)16-23-22-15(26-16)10-24-21-9-11-1-7-14(8-2-11)25-17(19)20/h1-9,17H,10H2/b21-9+. The van der Waals surface area contributed by atoms with Gasteiger partial charge in [-0.15, -0.1) is 10.2 Å². The van der Waals surface area contributed by atoms with E-state index in [9.17, 15) is 8.78 Å². The quantitative estimate of drug-likeness (QED) is 0.408. The molecule has 3 aromatic rings. The van der Waals surface area contributed by atoms with Crippen LogP contribution in [-0.4, -0.2) is 23.0 Å². The largest absolute Gasteiger partial charge is 0.435 e. The molecule has 0 N–H and O–H groups in total. The molecule has 2 aromatic carbocycles. The maximum absolute atomic E-state index is 12.1. The van der Waals surface area contributed by atoms with Gasteiger partial charge in [-0.05, 0) is 54.1 Å². The number of hydrogen-bond donors (Lipinski definition) is 0. The molecule has 0 saturated heterocycles. The van der Waals surface area contributed by atoms with Gasteiger partial charge >= 0.3 is 6.61 Å². The zero-order valence-corrected chi connectivity index (χ0v) is 14.8. The van der Waals surface area contributed by atoms with Gasteiger partial charge in [0.2, 0.25) is 5.89 Å². The van der Waals surface area contributed by atoms with Crippen molar-refractivity contribution in [3.8, 4) is 17.2 Å². The van der Waals surface area contributed by atoms with Crippen LogP contribution in [0.15, 0.2) is 62.6 Å². The van der Waals surface area contributed by atoms with E-state index < -0.39 is 6.61 Å². The molecule has 1 heterocycles. The summed E-state index contributed by atoms with van der Waals surface area (Å²) in [6, 6.07) is 13.4. The smallest absolute Gasteiger partial charge is 0.387 e. The highest BCUT2D eigenvalue weighted by Crippen LogP contribution is 2.20. The molecule has 0 amide bonds. The second-order valence-corrected chi connectivity index (χ2v) is 5.88. The molecule has 0 aliphatic heterocycles. The third-order valence-electron chi connectivity index (χ3n) is 3.13. The molecular formula is C17H12BrF2N3O3. The zero-order valence-electron chi connectivity index (χ0n) is 13.2. The fourth-order valence-electron chi connectivity index (χ4n) is 1.95. The summed E-state index contributed by atoms with van der Waals surface area (Å²) in [5.41, 5.74) is 1.45. The minimum atomic E-state index is -2.85. The molecule has 0 radical (unpaired) electrons. The van der Waals surface area contributed by atoms with Gasteiger partial charge in [-0.3, -0.25) is 0 Å². The maximum Gasteiger partial charge on any atom is 0.387 e. The predicted molar refractivity (Wildman–Crippen MR) is 92.9 cm³/mol. The Kier molecular flexibility index (Phi) is 5.90. The number of hydrogen-bond acceptors (Lipinski definition) is 6. The first-order valence-corrected chi connectivity index (χ1v) is 8.18. The summed E-state index contributed by atoms with van der Waals surface area (Å²) in [4.78, 5) is 5.10. The van der Waals surface area contributed by atoms with Crippen LogP contribution in [-0.2, 0) is 11.4 Å². The molecule has 26 heavy (non-hydrogen) atoms. The number of halogens is 3. The average Bonchev–Trinajstić information content (AvgIpc) is 3.09. The van der Waals surface area contributed by atoms with E-state index in [0.717, 1.165) is 10.0 Å². The van der Waals surface area contributed by atoms with Gasteiger partial charge in [0.15, 0.2) is 6.61 Å². The zero-order chi connectivity index (χ0) is 18.4. The molecule has 134 valence electrons. The molecule has 9 heteroatoms. The number of oxime groups is 1. The Hall–Kier alpha value is -2.81. The Labute approximate surface area is 155 Å². The van der Waals surface area contributed by atoms with Crippen molar-refractivity contribution in [1.29, 1.82) is 0 Å². The second kappa shape index (κ2) is 8.52. The molecule has 0 bridgehead atoms. The van der Waals surface area contributed by atoms with Gasteiger partial charge in [-0.1, -0.05) is 21.1 Å². The van der Waals surface area contributed by atoms with Gasteiger partial charge in [0, 0.05) is 10.0 Å². The summed E-state index contributed by atoms with van der Waals surface area (Å²) in [6.07, 6.45) is 1.43. The number of aromatic nitrogens is 2. The summed E-state index contributed by atoms with van der Waals surface area (Å²) in [5, 5.41) is 11.6. The van der Waals surface area contributed by atoms with Crippen LogP contribution in [0.25, 0.3) is 11.5 Å². The Morgan fingerprint density at radius 2 is 1.81 bits per heavy atom. The Bertz CT molecular complexity index is 868. The highest BCUT2D eigenvalue weighted by molar-refractivity contribution is 9.10. The highest BCUT2D eigenvalue weighted by atomic mass is 79.9. The lowest BCUT2D eigenvalue weighted by molar-refractivity contribution is -0.0498. The third-order valence-corrected chi connectivity index (χ3v) is 3.66. The van der Waals surface area contributed by atoms with Crippen molar-refractivity contribution in [3.63, 3.8) is 0 Å². The normalized spacial score (nSPS) is 11.2. The minimum absolute atomic E-state index is 0.00655. The molecule has 0 saturated carbocycles. The lowest BCUT2D eigenvalue weighted by Gasteiger charge is -2.03. The topological polar surface area (TPSA) is 69.7 Å². The van der Waals surface area contributed by atoms with E-state index in [1.165, 1.54) is 18.3 Å². The van der Waals surface area contributed by atoms with E-state index in [1.807, 2.05) is 24.3 Å². The predicted octanol–water partition coefficient (Wildman–Crippen LogP) is 4.65. The summed E-state index contributed by atoms with van der Waals surface area (Å²) >= 11 is 3.36. The van der Waals surface area contributed by atoms with Gasteiger partial charge in [-0.25, -0.2) is 0 Å². The summed E-state index contributed by atoms with van der Waals surface area (Å²) in [6.45, 7) is -2.85. The van der Waals surface area contributed by atoms with Crippen LogP contribution in [0.1, 0.15) is 11.5 Å². The van der Waals surface area contributed by atoms with E-state index in [0.29, 0.717) is 11.5 Å². The van der Waals surface area contributed by atoms with Crippen LogP contribution >= 0.6 is 15.9 Å². The van der Waals surface area contributed by atoms with Gasteiger partial charge < -0.3 is 14.0 Å². The van der Waals surface area contributed by atoms with Crippen molar-refractivity contribution in [2.45, 2.75) is 13.2 Å². The van der Waals surface area contributed by atoms with Crippen molar-refractivity contribution in [1.82, 2.24) is 10.2 Å². The van der Waals surface area contributed by atoms with E-state index in [-0.39, 0.29) is 18.2 Å². The molecule has 0 atom stereocenters. The van der Waals surface area contributed by atoms with E-state index >= 15 is 0 Å². The number of alkyl halides is 2. The highest BCUT2D eigenvalue weighted by Gasteiger charge is 2.08. The minimum Gasteiger partial charge on any atom is -0.435 e. The average molecular weight is 424 g/mol. The SMILES string of the molecule is FC(F)Oc1ccc(/C=N/OCc2nnc(-c3ccc(Br)cc3)o2)cc1. The number of rotatable bonds is 7. The Balaban J connectivity index is 1.52. The van der Waals surface area contributed by atoms with Gasteiger partial charge in [-0.2, -0.15) is 8.78 Å². The fourth-order valence-corrected chi connectivity index (χ4v) is 2.21. The molecule has 0 aliphatic rings. The lowest BCUT2D eigenvalue weighted by atomic mass is 10.2. The summed E-state index contributed by atoms with van der Waals surface area (Å²) in [5.74, 6) is 0.736. The number of nitrogens with zero attached hydrogens (tertiary/aromatic N) is 3. The monoisotopic (exact) mass is 423 g/mol. The van der Waals surface area contributed by atoms with Crippen LogP contribution in [0.3, 0.4) is 0 Å². The molecular weight excluding hydrogens is 412 g/mol. The molecule has 0 spiro atoms. The molecule has 0 fully saturated rings. The summed E-state index contributed by atoms with van der Waals surface area (Å²) < 4.78 is 34.8. The molecule has 0 aliphatic carbocycles. The van der Waals surface area contributed by atoms with E-state index in [4.69, 9.17) is 9.25 Å². The van der Waals surface area contributed by atoms with Crippen LogP contribution < -0.4 is 4.74 Å². The van der Waals surface area contributed by atoms with Crippen molar-refractivity contribution in [3.05, 3.63) is 64.5 Å². The van der Waals surface area contributed by atoms with Gasteiger partial charge in [0.05, 0.1) is 6.21 Å². The van der Waals surface area contributed by atoms with Crippen molar-refractivity contribution >= 4 is 22.1 Å². The van der Waals surface area contributed by atoms with Crippen LogP contribution in [0.5, 0.6) is 5.75 Å². The van der Waals surface area contributed by atoms with Crippen molar-refractivity contribution < 1.29 is 22.8 Å². The van der Waals surface area contributed by atoms with Crippen molar-refractivity contribution in [2.75, 3.05) is 0 Å².